The van der Waals surface area contributed by atoms with Crippen LogP contribution in [-0.2, 0) is 31.2 Å². The minimum atomic E-state index is -4.42. The van der Waals surface area contributed by atoms with E-state index in [1.54, 1.807) is 17.8 Å². The fourth-order valence-corrected chi connectivity index (χ4v) is 2.46. The van der Waals surface area contributed by atoms with Crippen molar-refractivity contribution in [2.24, 2.45) is 7.05 Å². The molecule has 0 aliphatic rings. The summed E-state index contributed by atoms with van der Waals surface area (Å²) in [6.45, 7) is 0.672. The number of hydrogen-bond acceptors (Lipinski definition) is 5. The molecule has 0 unspecified atom stereocenters. The Kier molecular flexibility index (Phi) is 5.31. The minimum absolute atomic E-state index is 0.0220. The number of alkyl halides is 3. The largest absolute Gasteiger partial charge is 0.416 e. The summed E-state index contributed by atoms with van der Waals surface area (Å²) in [4.78, 5) is 4.07. The van der Waals surface area contributed by atoms with Crippen LogP contribution in [0.5, 0.6) is 0 Å². The lowest BCUT2D eigenvalue weighted by Crippen LogP contribution is -2.06. The zero-order chi connectivity index (χ0) is 19.4. The Morgan fingerprint density at radius 2 is 1.96 bits per heavy atom. The topological polar surface area (TPSA) is 78.0 Å². The molecule has 27 heavy (non-hydrogen) atoms. The number of aryl methyl sites for hydroxylation is 1. The number of hydrogen-bond donors (Lipinski definition) is 2. The van der Waals surface area contributed by atoms with Crippen molar-refractivity contribution in [2.45, 2.75) is 19.4 Å². The number of benzene rings is 2. The number of ether oxygens (including phenoxy) is 1. The lowest BCUT2D eigenvalue weighted by Gasteiger charge is -2.13. The minimum Gasteiger partial charge on any atom is -0.397 e. The average molecular weight is 377 g/mol. The molecule has 0 spiro atoms. The summed E-state index contributed by atoms with van der Waals surface area (Å²) in [5.74, 6) is 0.710. The Labute approximate surface area is 153 Å². The van der Waals surface area contributed by atoms with Gasteiger partial charge in [0.05, 0.1) is 23.5 Å². The molecule has 3 rings (SSSR count). The Bertz CT molecular complexity index is 923. The van der Waals surface area contributed by atoms with Crippen LogP contribution >= 0.6 is 0 Å². The van der Waals surface area contributed by atoms with E-state index in [4.69, 9.17) is 10.5 Å². The van der Waals surface area contributed by atoms with Crippen molar-refractivity contribution >= 4 is 17.1 Å². The summed E-state index contributed by atoms with van der Waals surface area (Å²) in [6.07, 6.45) is -2.97. The van der Waals surface area contributed by atoms with E-state index in [-0.39, 0.29) is 5.69 Å². The van der Waals surface area contributed by atoms with Gasteiger partial charge in [0.1, 0.15) is 12.9 Å². The van der Waals surface area contributed by atoms with Gasteiger partial charge in [0.25, 0.3) is 0 Å². The van der Waals surface area contributed by atoms with Gasteiger partial charge in [0, 0.05) is 12.7 Å². The zero-order valence-corrected chi connectivity index (χ0v) is 14.5. The molecular weight excluding hydrogens is 359 g/mol. The van der Waals surface area contributed by atoms with E-state index in [1.165, 1.54) is 12.4 Å². The van der Waals surface area contributed by atoms with E-state index < -0.39 is 11.7 Å². The van der Waals surface area contributed by atoms with Gasteiger partial charge in [-0.1, -0.05) is 12.1 Å². The lowest BCUT2D eigenvalue weighted by molar-refractivity contribution is -0.137. The van der Waals surface area contributed by atoms with Crippen molar-refractivity contribution in [3.8, 4) is 0 Å². The predicted molar refractivity (Wildman–Crippen MR) is 95.1 cm³/mol. The van der Waals surface area contributed by atoms with Crippen LogP contribution in [0.2, 0.25) is 0 Å². The van der Waals surface area contributed by atoms with E-state index in [0.29, 0.717) is 30.4 Å². The number of rotatable bonds is 6. The fourth-order valence-electron chi connectivity index (χ4n) is 2.46. The Balaban J connectivity index is 1.64. The van der Waals surface area contributed by atoms with Crippen molar-refractivity contribution in [1.82, 2.24) is 14.8 Å². The van der Waals surface area contributed by atoms with Crippen molar-refractivity contribution in [1.29, 1.82) is 0 Å². The van der Waals surface area contributed by atoms with Crippen LogP contribution in [0.1, 0.15) is 17.0 Å². The van der Waals surface area contributed by atoms with E-state index in [2.05, 4.69) is 15.4 Å². The van der Waals surface area contributed by atoms with E-state index in [0.717, 1.165) is 17.7 Å². The summed E-state index contributed by atoms with van der Waals surface area (Å²) in [5, 5.41) is 7.00. The standard InChI is InChI=1S/C18H18F3N5O/c1-26-17(23-11-24-26)10-27-9-12-3-2-4-14(7-12)25-16-6-5-13(8-15(16)22)18(19,20)21/h2-8,11,25H,9-10,22H2,1H3. The maximum absolute atomic E-state index is 12.7. The van der Waals surface area contributed by atoms with Gasteiger partial charge in [-0.25, -0.2) is 4.98 Å². The highest BCUT2D eigenvalue weighted by Crippen LogP contribution is 2.33. The smallest absolute Gasteiger partial charge is 0.397 e. The predicted octanol–water partition coefficient (Wildman–Crippen LogP) is 3.88. The molecule has 142 valence electrons. The van der Waals surface area contributed by atoms with Crippen LogP contribution < -0.4 is 11.1 Å². The summed E-state index contributed by atoms with van der Waals surface area (Å²) in [5.41, 5.74) is 6.99. The first-order valence-electron chi connectivity index (χ1n) is 8.06. The quantitative estimate of drug-likeness (QED) is 0.638. The van der Waals surface area contributed by atoms with Gasteiger partial charge in [-0.2, -0.15) is 18.3 Å². The lowest BCUT2D eigenvalue weighted by atomic mass is 10.1. The molecule has 0 amide bonds. The molecule has 3 aromatic rings. The van der Waals surface area contributed by atoms with Crippen molar-refractivity contribution < 1.29 is 17.9 Å². The summed E-state index contributed by atoms with van der Waals surface area (Å²) < 4.78 is 45.4. The molecule has 2 aromatic carbocycles. The molecule has 0 aliphatic heterocycles. The normalized spacial score (nSPS) is 11.6. The molecule has 6 nitrogen and oxygen atoms in total. The molecule has 0 aliphatic carbocycles. The van der Waals surface area contributed by atoms with Crippen LogP contribution in [0.25, 0.3) is 0 Å². The maximum Gasteiger partial charge on any atom is 0.416 e. The molecule has 0 saturated heterocycles. The molecule has 3 N–H and O–H groups in total. The first kappa shape index (κ1) is 18.7. The van der Waals surface area contributed by atoms with Gasteiger partial charge < -0.3 is 15.8 Å². The van der Waals surface area contributed by atoms with Gasteiger partial charge in [0.15, 0.2) is 5.82 Å². The van der Waals surface area contributed by atoms with Crippen LogP contribution in [-0.4, -0.2) is 14.8 Å². The molecule has 1 heterocycles. The second-order valence-corrected chi connectivity index (χ2v) is 5.92. The summed E-state index contributed by atoms with van der Waals surface area (Å²) >= 11 is 0. The molecule has 0 bridgehead atoms. The molecule has 0 atom stereocenters. The molecular formula is C18H18F3N5O. The maximum atomic E-state index is 12.7. The SMILES string of the molecule is Cn1ncnc1COCc1cccc(Nc2ccc(C(F)(F)F)cc2N)c1. The third kappa shape index (κ3) is 4.76. The number of aromatic nitrogens is 3. The Morgan fingerprint density at radius 3 is 2.63 bits per heavy atom. The van der Waals surface area contributed by atoms with Gasteiger partial charge in [0.2, 0.25) is 0 Å². The average Bonchev–Trinajstić information content (AvgIpc) is 3.01. The fraction of sp³-hybridized carbons (Fsp3) is 0.222. The molecule has 9 heteroatoms. The second-order valence-electron chi connectivity index (χ2n) is 5.92. The number of nitrogen functional groups attached to an aromatic ring is 1. The molecule has 0 radical (unpaired) electrons. The van der Waals surface area contributed by atoms with Crippen LogP contribution in [0.15, 0.2) is 48.8 Å². The zero-order valence-electron chi connectivity index (χ0n) is 14.5. The number of nitrogens with two attached hydrogens (primary N) is 1. The first-order valence-corrected chi connectivity index (χ1v) is 8.06. The monoisotopic (exact) mass is 377 g/mol. The highest BCUT2D eigenvalue weighted by molar-refractivity contribution is 5.73. The third-order valence-electron chi connectivity index (χ3n) is 3.89. The molecule has 1 aromatic heterocycles. The Morgan fingerprint density at radius 1 is 1.15 bits per heavy atom. The van der Waals surface area contributed by atoms with Gasteiger partial charge in [-0.3, -0.25) is 4.68 Å². The number of halogens is 3. The highest BCUT2D eigenvalue weighted by Gasteiger charge is 2.30. The summed E-state index contributed by atoms with van der Waals surface area (Å²) in [7, 11) is 1.78. The third-order valence-corrected chi connectivity index (χ3v) is 3.89. The van der Waals surface area contributed by atoms with Crippen LogP contribution in [0.4, 0.5) is 30.2 Å². The van der Waals surface area contributed by atoms with E-state index in [9.17, 15) is 13.2 Å². The number of nitrogens with one attached hydrogen (secondary N) is 1. The summed E-state index contributed by atoms with van der Waals surface area (Å²) in [6, 6.07) is 10.6. The van der Waals surface area contributed by atoms with E-state index in [1.807, 2.05) is 18.2 Å². The van der Waals surface area contributed by atoms with Crippen LogP contribution in [0.3, 0.4) is 0 Å². The molecule has 0 fully saturated rings. The van der Waals surface area contributed by atoms with Crippen molar-refractivity contribution in [2.75, 3.05) is 11.1 Å². The van der Waals surface area contributed by atoms with Crippen molar-refractivity contribution in [3.05, 3.63) is 65.7 Å². The van der Waals surface area contributed by atoms with Crippen LogP contribution in [0, 0.1) is 0 Å². The Hall–Kier alpha value is -3.07. The molecule has 0 saturated carbocycles. The van der Waals surface area contributed by atoms with Gasteiger partial charge >= 0.3 is 6.18 Å². The van der Waals surface area contributed by atoms with Gasteiger partial charge in [-0.05, 0) is 35.9 Å². The number of nitrogens with zero attached hydrogens (tertiary/aromatic N) is 3. The first-order chi connectivity index (χ1) is 12.8. The van der Waals surface area contributed by atoms with Gasteiger partial charge in [-0.15, -0.1) is 0 Å². The van der Waals surface area contributed by atoms with E-state index >= 15 is 0 Å². The second kappa shape index (κ2) is 7.67. The highest BCUT2D eigenvalue weighted by atomic mass is 19.4. The van der Waals surface area contributed by atoms with Crippen molar-refractivity contribution in [3.63, 3.8) is 0 Å². The number of anilines is 3.